The zero-order chi connectivity index (χ0) is 20.5. The van der Waals surface area contributed by atoms with E-state index in [4.69, 9.17) is 9.73 Å². The van der Waals surface area contributed by atoms with Crippen molar-refractivity contribution in [1.29, 1.82) is 0 Å². The Kier molecular flexibility index (Phi) is 8.01. The van der Waals surface area contributed by atoms with Crippen LogP contribution < -0.4 is 10.6 Å². The number of hydrogen-bond acceptors (Lipinski definition) is 5. The van der Waals surface area contributed by atoms with Crippen LogP contribution in [-0.4, -0.2) is 71.5 Å². The summed E-state index contributed by atoms with van der Waals surface area (Å²) in [6, 6.07) is 8.68. The van der Waals surface area contributed by atoms with Crippen molar-refractivity contribution in [2.75, 3.05) is 39.4 Å². The standard InChI is InChI=1S/C21H33N7O/c1-4-22-21(24-14-19(16(2)3)28-8-10-29-11-9-28)23-13-17-6-5-7-18(12-17)20-25-15-26-27-20/h5-7,12,15-16,19H,4,8-11,13-14H2,1-3H3,(H2,22,23,24)(H,25,26,27). The van der Waals surface area contributed by atoms with Crippen molar-refractivity contribution in [3.05, 3.63) is 36.2 Å². The Hall–Kier alpha value is -2.45. The molecule has 1 saturated heterocycles. The Morgan fingerprint density at radius 3 is 2.79 bits per heavy atom. The van der Waals surface area contributed by atoms with Crippen LogP contribution in [0.25, 0.3) is 11.4 Å². The van der Waals surface area contributed by atoms with Crippen molar-refractivity contribution in [1.82, 2.24) is 30.7 Å². The molecule has 2 heterocycles. The van der Waals surface area contributed by atoms with Crippen LogP contribution in [0.1, 0.15) is 26.3 Å². The fourth-order valence-corrected chi connectivity index (χ4v) is 3.57. The minimum absolute atomic E-state index is 0.456. The fraction of sp³-hybridized carbons (Fsp3) is 0.571. The predicted octanol–water partition coefficient (Wildman–Crippen LogP) is 1.88. The number of hydrogen-bond donors (Lipinski definition) is 3. The van der Waals surface area contributed by atoms with E-state index >= 15 is 0 Å². The Balaban J connectivity index is 1.62. The number of aliphatic imine (C=N–C) groups is 1. The number of aromatic nitrogens is 3. The lowest BCUT2D eigenvalue weighted by Gasteiger charge is -2.37. The molecule has 0 saturated carbocycles. The molecule has 2 aromatic rings. The number of nitrogens with one attached hydrogen (secondary N) is 3. The van der Waals surface area contributed by atoms with E-state index in [0.29, 0.717) is 18.5 Å². The topological polar surface area (TPSA) is 90.5 Å². The maximum Gasteiger partial charge on any atom is 0.191 e. The second-order valence-electron chi connectivity index (χ2n) is 7.57. The maximum absolute atomic E-state index is 5.51. The normalized spacial score (nSPS) is 16.8. The molecule has 1 aromatic carbocycles. The maximum atomic E-state index is 5.51. The average molecular weight is 400 g/mol. The van der Waals surface area contributed by atoms with Gasteiger partial charge in [0.25, 0.3) is 0 Å². The Labute approximate surface area is 173 Å². The molecular formula is C21H33N7O. The molecule has 0 amide bonds. The molecule has 0 aliphatic carbocycles. The van der Waals surface area contributed by atoms with Crippen molar-refractivity contribution in [2.24, 2.45) is 10.9 Å². The van der Waals surface area contributed by atoms with Gasteiger partial charge in [0.05, 0.1) is 19.8 Å². The largest absolute Gasteiger partial charge is 0.379 e. The van der Waals surface area contributed by atoms with Gasteiger partial charge in [-0.1, -0.05) is 32.0 Å². The van der Waals surface area contributed by atoms with Gasteiger partial charge in [-0.3, -0.25) is 10.00 Å². The van der Waals surface area contributed by atoms with Gasteiger partial charge in [-0.15, -0.1) is 0 Å². The molecule has 158 valence electrons. The van der Waals surface area contributed by atoms with Crippen molar-refractivity contribution in [3.8, 4) is 11.4 Å². The highest BCUT2D eigenvalue weighted by atomic mass is 16.5. The third kappa shape index (κ3) is 6.27. The molecule has 1 aliphatic heterocycles. The van der Waals surface area contributed by atoms with Crippen LogP contribution in [0, 0.1) is 5.92 Å². The van der Waals surface area contributed by atoms with Gasteiger partial charge < -0.3 is 15.4 Å². The van der Waals surface area contributed by atoms with E-state index in [1.54, 1.807) is 0 Å². The van der Waals surface area contributed by atoms with Gasteiger partial charge >= 0.3 is 0 Å². The highest BCUT2D eigenvalue weighted by Crippen LogP contribution is 2.16. The third-order valence-corrected chi connectivity index (χ3v) is 5.14. The summed E-state index contributed by atoms with van der Waals surface area (Å²) >= 11 is 0. The third-order valence-electron chi connectivity index (χ3n) is 5.14. The van der Waals surface area contributed by atoms with E-state index in [9.17, 15) is 0 Å². The first-order valence-electron chi connectivity index (χ1n) is 10.5. The summed E-state index contributed by atoms with van der Waals surface area (Å²) in [7, 11) is 0. The van der Waals surface area contributed by atoms with E-state index in [1.165, 1.54) is 6.33 Å². The molecule has 29 heavy (non-hydrogen) atoms. The SMILES string of the molecule is CCNC(=NCc1cccc(-c2ncn[nH]2)c1)NCC(C(C)C)N1CCOCC1. The molecule has 3 rings (SSSR count). The van der Waals surface area contributed by atoms with Crippen LogP contribution in [0.5, 0.6) is 0 Å². The van der Waals surface area contributed by atoms with Gasteiger partial charge in [-0.25, -0.2) is 9.98 Å². The van der Waals surface area contributed by atoms with Crippen molar-refractivity contribution in [2.45, 2.75) is 33.4 Å². The molecule has 0 bridgehead atoms. The molecule has 1 fully saturated rings. The summed E-state index contributed by atoms with van der Waals surface area (Å²) in [5.74, 6) is 2.17. The van der Waals surface area contributed by atoms with E-state index in [0.717, 1.165) is 62.3 Å². The monoisotopic (exact) mass is 399 g/mol. The molecule has 1 atom stereocenters. The summed E-state index contributed by atoms with van der Waals surface area (Å²) in [5, 5.41) is 13.7. The predicted molar refractivity (Wildman–Crippen MR) is 116 cm³/mol. The van der Waals surface area contributed by atoms with Crippen LogP contribution in [0.15, 0.2) is 35.6 Å². The molecule has 0 spiro atoms. The summed E-state index contributed by atoms with van der Waals surface area (Å²) in [6.07, 6.45) is 1.52. The quantitative estimate of drug-likeness (QED) is 0.464. The Morgan fingerprint density at radius 1 is 1.28 bits per heavy atom. The molecule has 3 N–H and O–H groups in total. The zero-order valence-electron chi connectivity index (χ0n) is 17.7. The lowest BCUT2D eigenvalue weighted by molar-refractivity contribution is 0.00752. The highest BCUT2D eigenvalue weighted by molar-refractivity contribution is 5.79. The van der Waals surface area contributed by atoms with Crippen LogP contribution >= 0.6 is 0 Å². The van der Waals surface area contributed by atoms with Crippen molar-refractivity contribution >= 4 is 5.96 Å². The Morgan fingerprint density at radius 2 is 2.10 bits per heavy atom. The van der Waals surface area contributed by atoms with Crippen molar-refractivity contribution < 1.29 is 4.74 Å². The number of ether oxygens (including phenoxy) is 1. The van der Waals surface area contributed by atoms with E-state index in [1.807, 2.05) is 12.1 Å². The highest BCUT2D eigenvalue weighted by Gasteiger charge is 2.23. The summed E-state index contributed by atoms with van der Waals surface area (Å²) < 4.78 is 5.51. The number of nitrogens with zero attached hydrogens (tertiary/aromatic N) is 4. The second-order valence-corrected chi connectivity index (χ2v) is 7.57. The summed E-state index contributed by atoms with van der Waals surface area (Å²) in [6.45, 7) is 12.6. The molecule has 8 nitrogen and oxygen atoms in total. The van der Waals surface area contributed by atoms with Crippen molar-refractivity contribution in [3.63, 3.8) is 0 Å². The number of guanidine groups is 1. The summed E-state index contributed by atoms with van der Waals surface area (Å²) in [4.78, 5) is 11.5. The van der Waals surface area contributed by atoms with E-state index < -0.39 is 0 Å². The lowest BCUT2D eigenvalue weighted by atomic mass is 10.0. The zero-order valence-corrected chi connectivity index (χ0v) is 17.7. The fourth-order valence-electron chi connectivity index (χ4n) is 3.57. The van der Waals surface area contributed by atoms with Gasteiger partial charge in [0.15, 0.2) is 11.8 Å². The van der Waals surface area contributed by atoms with Gasteiger partial charge in [0.2, 0.25) is 0 Å². The number of morpholine rings is 1. The molecule has 1 unspecified atom stereocenters. The number of aromatic amines is 1. The first-order valence-corrected chi connectivity index (χ1v) is 10.5. The van der Waals surface area contributed by atoms with Gasteiger partial charge in [-0.05, 0) is 24.5 Å². The minimum atomic E-state index is 0.456. The van der Waals surface area contributed by atoms with Crippen LogP contribution in [0.3, 0.4) is 0 Å². The molecule has 1 aliphatic rings. The van der Waals surface area contributed by atoms with E-state index in [-0.39, 0.29) is 0 Å². The minimum Gasteiger partial charge on any atom is -0.379 e. The van der Waals surface area contributed by atoms with Gasteiger partial charge in [-0.2, -0.15) is 5.10 Å². The van der Waals surface area contributed by atoms with Crippen LogP contribution in [-0.2, 0) is 11.3 Å². The van der Waals surface area contributed by atoms with Gasteiger partial charge in [0.1, 0.15) is 6.33 Å². The van der Waals surface area contributed by atoms with Gasteiger partial charge in [0, 0.05) is 37.8 Å². The first kappa shape index (κ1) is 21.3. The van der Waals surface area contributed by atoms with Crippen LogP contribution in [0.2, 0.25) is 0 Å². The number of rotatable bonds is 8. The number of benzene rings is 1. The summed E-state index contributed by atoms with van der Waals surface area (Å²) in [5.41, 5.74) is 2.14. The molecule has 8 heteroatoms. The first-order chi connectivity index (χ1) is 14.2. The van der Waals surface area contributed by atoms with Crippen LogP contribution in [0.4, 0.5) is 0 Å². The van der Waals surface area contributed by atoms with E-state index in [2.05, 4.69) is 63.6 Å². The molecule has 0 radical (unpaired) electrons. The smallest absolute Gasteiger partial charge is 0.191 e. The average Bonchev–Trinajstić information content (AvgIpc) is 3.28. The molecular weight excluding hydrogens is 366 g/mol. The molecule has 1 aromatic heterocycles. The number of H-pyrrole nitrogens is 1. The Bertz CT molecular complexity index is 754. The second kappa shape index (κ2) is 10.9. The lowest BCUT2D eigenvalue weighted by Crippen LogP contribution is -2.52.